The molecule has 1 N–H and O–H groups in total. The molecule has 0 aromatic carbocycles. The van der Waals surface area contributed by atoms with Crippen molar-refractivity contribution in [2.75, 3.05) is 13.2 Å². The zero-order valence-corrected chi connectivity index (χ0v) is 29.2. The summed E-state index contributed by atoms with van der Waals surface area (Å²) in [5.74, 6) is 0.295. The molecule has 0 heterocycles. The lowest BCUT2D eigenvalue weighted by Crippen LogP contribution is -2.25. The van der Waals surface area contributed by atoms with Crippen molar-refractivity contribution < 1.29 is 24.2 Å². The van der Waals surface area contributed by atoms with E-state index in [4.69, 9.17) is 9.47 Å². The molecule has 0 aromatic heterocycles. The highest BCUT2D eigenvalue weighted by Gasteiger charge is 2.12. The Morgan fingerprint density at radius 2 is 0.744 bits per heavy atom. The first-order chi connectivity index (χ1) is 21.0. The fraction of sp³-hybridized carbons (Fsp3) is 0.947. The number of carbonyl (C=O) groups excluding carboxylic acids is 2. The summed E-state index contributed by atoms with van der Waals surface area (Å²) in [6.45, 7) is 6.67. The standard InChI is InChI=1S/C38H74O5/c1-4-5-6-7-8-9-10-12-16-19-22-25-28-31-37(40)42-33-36(39)34-43-38(41)32-29-26-23-20-17-14-11-13-15-18-21-24-27-30-35(2)3/h35-36,39H,4-34H2,1-3H3/t36-/m0/s1. The van der Waals surface area contributed by atoms with Crippen molar-refractivity contribution in [2.24, 2.45) is 5.92 Å². The summed E-state index contributed by atoms with van der Waals surface area (Å²) in [4.78, 5) is 23.9. The molecule has 0 unspecified atom stereocenters. The van der Waals surface area contributed by atoms with Crippen molar-refractivity contribution in [3.8, 4) is 0 Å². The normalized spacial score (nSPS) is 12.1. The van der Waals surface area contributed by atoms with Gasteiger partial charge in [0.2, 0.25) is 0 Å². The molecule has 0 bridgehead atoms. The van der Waals surface area contributed by atoms with Crippen LogP contribution in [0.25, 0.3) is 0 Å². The maximum absolute atomic E-state index is 11.9. The quantitative estimate of drug-likeness (QED) is 0.0579. The Bertz CT molecular complexity index is 591. The second kappa shape index (κ2) is 33.8. The first-order valence-corrected chi connectivity index (χ1v) is 18.9. The van der Waals surface area contributed by atoms with Gasteiger partial charge in [0, 0.05) is 12.8 Å². The number of carbonyl (C=O) groups is 2. The summed E-state index contributed by atoms with van der Waals surface area (Å²) in [7, 11) is 0. The number of unbranched alkanes of at least 4 members (excludes halogenated alkanes) is 24. The van der Waals surface area contributed by atoms with Crippen molar-refractivity contribution in [1.29, 1.82) is 0 Å². The fourth-order valence-electron chi connectivity index (χ4n) is 5.62. The number of aliphatic hydroxyl groups excluding tert-OH is 1. The van der Waals surface area contributed by atoms with E-state index in [1.165, 1.54) is 148 Å². The second-order valence-electron chi connectivity index (χ2n) is 13.5. The van der Waals surface area contributed by atoms with Crippen molar-refractivity contribution in [3.63, 3.8) is 0 Å². The minimum atomic E-state index is -0.954. The van der Waals surface area contributed by atoms with Crippen LogP contribution in [0.5, 0.6) is 0 Å². The lowest BCUT2D eigenvalue weighted by Gasteiger charge is -2.12. The predicted octanol–water partition coefficient (Wildman–Crippen LogP) is 11.4. The van der Waals surface area contributed by atoms with Crippen molar-refractivity contribution in [2.45, 2.75) is 213 Å². The number of ether oxygens (including phenoxy) is 2. The molecule has 1 atom stereocenters. The summed E-state index contributed by atoms with van der Waals surface area (Å²) in [5.41, 5.74) is 0. The molecule has 256 valence electrons. The molecule has 0 aromatic rings. The van der Waals surface area contributed by atoms with Gasteiger partial charge in [-0.2, -0.15) is 0 Å². The first kappa shape index (κ1) is 41.9. The molecule has 43 heavy (non-hydrogen) atoms. The number of hydrogen-bond donors (Lipinski definition) is 1. The van der Waals surface area contributed by atoms with Gasteiger partial charge >= 0.3 is 11.9 Å². The van der Waals surface area contributed by atoms with Gasteiger partial charge < -0.3 is 14.6 Å². The van der Waals surface area contributed by atoms with Crippen LogP contribution >= 0.6 is 0 Å². The Hall–Kier alpha value is -1.10. The average Bonchev–Trinajstić information content (AvgIpc) is 2.99. The van der Waals surface area contributed by atoms with Gasteiger partial charge in [0.1, 0.15) is 19.3 Å². The van der Waals surface area contributed by atoms with Crippen LogP contribution in [0.2, 0.25) is 0 Å². The van der Waals surface area contributed by atoms with Crippen LogP contribution in [0.4, 0.5) is 0 Å². The van der Waals surface area contributed by atoms with E-state index in [0.29, 0.717) is 12.8 Å². The van der Waals surface area contributed by atoms with Gasteiger partial charge in [-0.3, -0.25) is 9.59 Å². The van der Waals surface area contributed by atoms with Crippen LogP contribution in [0.3, 0.4) is 0 Å². The van der Waals surface area contributed by atoms with Crippen molar-refractivity contribution >= 4 is 11.9 Å². The molecule has 0 spiro atoms. The molecule has 0 fully saturated rings. The Labute approximate surface area is 268 Å². The van der Waals surface area contributed by atoms with E-state index in [1.54, 1.807) is 0 Å². The van der Waals surface area contributed by atoms with E-state index in [9.17, 15) is 14.7 Å². The van der Waals surface area contributed by atoms with Gasteiger partial charge in [0.25, 0.3) is 0 Å². The molecule has 5 heteroatoms. The SMILES string of the molecule is CCCCCCCCCCCCCCCC(=O)OC[C@H](O)COC(=O)CCCCCCCCCCCCCCCC(C)C. The largest absolute Gasteiger partial charge is 0.463 e. The van der Waals surface area contributed by atoms with Crippen LogP contribution in [-0.2, 0) is 19.1 Å². The zero-order chi connectivity index (χ0) is 31.6. The van der Waals surface area contributed by atoms with E-state index in [-0.39, 0.29) is 25.2 Å². The van der Waals surface area contributed by atoms with Gasteiger partial charge in [0.15, 0.2) is 0 Å². The number of rotatable bonds is 34. The third-order valence-corrected chi connectivity index (χ3v) is 8.52. The van der Waals surface area contributed by atoms with Crippen LogP contribution in [0, 0.1) is 5.92 Å². The Balaban J connectivity index is 3.38. The van der Waals surface area contributed by atoms with Crippen LogP contribution < -0.4 is 0 Å². The van der Waals surface area contributed by atoms with E-state index in [0.717, 1.165) is 31.6 Å². The summed E-state index contributed by atoms with van der Waals surface area (Å²) in [6, 6.07) is 0. The molecule has 0 saturated heterocycles. The topological polar surface area (TPSA) is 72.8 Å². The Morgan fingerprint density at radius 1 is 0.465 bits per heavy atom. The van der Waals surface area contributed by atoms with Crippen LogP contribution in [-0.4, -0.2) is 36.4 Å². The number of hydrogen-bond acceptors (Lipinski definition) is 5. The third-order valence-electron chi connectivity index (χ3n) is 8.52. The van der Waals surface area contributed by atoms with E-state index < -0.39 is 6.10 Å². The Morgan fingerprint density at radius 3 is 1.05 bits per heavy atom. The van der Waals surface area contributed by atoms with Crippen molar-refractivity contribution in [3.05, 3.63) is 0 Å². The molecule has 0 saturated carbocycles. The summed E-state index contributed by atoms with van der Waals surface area (Å²) >= 11 is 0. The molecule has 0 radical (unpaired) electrons. The first-order valence-electron chi connectivity index (χ1n) is 18.9. The third kappa shape index (κ3) is 35.3. The lowest BCUT2D eigenvalue weighted by molar-refractivity contribution is -0.152. The van der Waals surface area contributed by atoms with E-state index in [1.807, 2.05) is 0 Å². The van der Waals surface area contributed by atoms with Crippen LogP contribution in [0.1, 0.15) is 207 Å². The molecular weight excluding hydrogens is 536 g/mol. The molecule has 0 aliphatic heterocycles. The fourth-order valence-corrected chi connectivity index (χ4v) is 5.62. The number of esters is 2. The summed E-state index contributed by atoms with van der Waals surface area (Å²) in [5, 5.41) is 9.99. The molecular formula is C38H74O5. The molecule has 5 nitrogen and oxygen atoms in total. The molecule has 0 aliphatic rings. The summed E-state index contributed by atoms with van der Waals surface area (Å²) in [6.07, 6.45) is 34.4. The van der Waals surface area contributed by atoms with E-state index >= 15 is 0 Å². The Kier molecular flexibility index (Phi) is 32.9. The maximum Gasteiger partial charge on any atom is 0.305 e. The van der Waals surface area contributed by atoms with Gasteiger partial charge in [0.05, 0.1) is 0 Å². The second-order valence-corrected chi connectivity index (χ2v) is 13.5. The smallest absolute Gasteiger partial charge is 0.305 e. The van der Waals surface area contributed by atoms with Gasteiger partial charge in [-0.25, -0.2) is 0 Å². The maximum atomic E-state index is 11.9. The average molecular weight is 611 g/mol. The minimum Gasteiger partial charge on any atom is -0.463 e. The highest BCUT2D eigenvalue weighted by Crippen LogP contribution is 2.15. The zero-order valence-electron chi connectivity index (χ0n) is 29.2. The van der Waals surface area contributed by atoms with Gasteiger partial charge in [-0.1, -0.05) is 181 Å². The molecule has 0 aliphatic carbocycles. The van der Waals surface area contributed by atoms with Gasteiger partial charge in [-0.15, -0.1) is 0 Å². The van der Waals surface area contributed by atoms with Crippen LogP contribution in [0.15, 0.2) is 0 Å². The molecule has 0 amide bonds. The monoisotopic (exact) mass is 611 g/mol. The highest BCUT2D eigenvalue weighted by molar-refractivity contribution is 5.69. The summed E-state index contributed by atoms with van der Waals surface area (Å²) < 4.78 is 10.3. The highest BCUT2D eigenvalue weighted by atomic mass is 16.6. The number of aliphatic hydroxyl groups is 1. The minimum absolute atomic E-state index is 0.108. The van der Waals surface area contributed by atoms with Gasteiger partial charge in [-0.05, 0) is 18.8 Å². The lowest BCUT2D eigenvalue weighted by atomic mass is 10.0. The predicted molar refractivity (Wildman–Crippen MR) is 182 cm³/mol. The van der Waals surface area contributed by atoms with E-state index in [2.05, 4.69) is 20.8 Å². The molecule has 0 rings (SSSR count). The van der Waals surface area contributed by atoms with Crippen molar-refractivity contribution in [1.82, 2.24) is 0 Å².